The van der Waals surface area contributed by atoms with Crippen LogP contribution in [-0.2, 0) is 4.79 Å². The molecular weight excluding hydrogens is 221 g/mol. The van der Waals surface area contributed by atoms with E-state index >= 15 is 0 Å². The van der Waals surface area contributed by atoms with Crippen LogP contribution in [0.4, 0.5) is 18.9 Å². The Morgan fingerprint density at radius 3 is 2.69 bits per heavy atom. The molecule has 3 nitrogen and oxygen atoms in total. The molecular formula is C10H7F3N2O. The van der Waals surface area contributed by atoms with E-state index in [0.29, 0.717) is 0 Å². The Kier molecular flexibility index (Phi) is 3.51. The molecule has 0 heterocycles. The summed E-state index contributed by atoms with van der Waals surface area (Å²) in [5, 5.41) is 10.6. The Morgan fingerprint density at radius 2 is 2.12 bits per heavy atom. The first-order valence-electron chi connectivity index (χ1n) is 4.27. The molecule has 6 heteroatoms. The van der Waals surface area contributed by atoms with Gasteiger partial charge in [-0.3, -0.25) is 4.79 Å². The highest BCUT2D eigenvalue weighted by Crippen LogP contribution is 2.20. The molecule has 16 heavy (non-hydrogen) atoms. The van der Waals surface area contributed by atoms with Gasteiger partial charge in [-0.2, -0.15) is 18.4 Å². The number of benzene rings is 1. The number of carbonyl (C=O) groups excluding carboxylic acids is 1. The van der Waals surface area contributed by atoms with Gasteiger partial charge in [-0.05, 0) is 18.2 Å². The molecule has 0 saturated carbocycles. The smallest absolute Gasteiger partial charge is 0.326 e. The van der Waals surface area contributed by atoms with Gasteiger partial charge in [0.05, 0.1) is 11.6 Å². The number of alkyl halides is 3. The van der Waals surface area contributed by atoms with Crippen LogP contribution in [0.25, 0.3) is 0 Å². The maximum absolute atomic E-state index is 11.8. The molecule has 1 aromatic rings. The highest BCUT2D eigenvalue weighted by molar-refractivity contribution is 5.91. The lowest BCUT2D eigenvalue weighted by Crippen LogP contribution is -2.21. The van der Waals surface area contributed by atoms with Gasteiger partial charge in [0, 0.05) is 5.69 Å². The summed E-state index contributed by atoms with van der Waals surface area (Å²) < 4.78 is 35.5. The van der Waals surface area contributed by atoms with Crippen LogP contribution in [-0.4, -0.2) is 12.1 Å². The third-order valence-electron chi connectivity index (χ3n) is 1.64. The molecule has 0 aliphatic heterocycles. The van der Waals surface area contributed by atoms with Gasteiger partial charge in [0.2, 0.25) is 5.91 Å². The second-order valence-electron chi connectivity index (χ2n) is 3.03. The molecule has 0 aromatic heterocycles. The minimum absolute atomic E-state index is 0.174. The highest BCUT2D eigenvalue weighted by Gasteiger charge is 2.31. The van der Waals surface area contributed by atoms with Crippen LogP contribution in [0.3, 0.4) is 0 Å². The zero-order valence-corrected chi connectivity index (χ0v) is 8.01. The average Bonchev–Trinajstić information content (AvgIpc) is 2.15. The minimum Gasteiger partial charge on any atom is -0.326 e. The first-order valence-corrected chi connectivity index (χ1v) is 4.27. The highest BCUT2D eigenvalue weighted by atomic mass is 19.4. The molecule has 1 N–H and O–H groups in total. The van der Waals surface area contributed by atoms with Crippen LogP contribution in [0.15, 0.2) is 24.3 Å². The lowest BCUT2D eigenvalue weighted by atomic mass is 10.2. The molecule has 0 atom stereocenters. The SMILES string of the molecule is N#Cc1cccc(NC(=O)CC(F)(F)F)c1. The number of carbonyl (C=O) groups is 1. The first kappa shape index (κ1) is 12.0. The van der Waals surface area contributed by atoms with Gasteiger partial charge >= 0.3 is 6.18 Å². The monoisotopic (exact) mass is 228 g/mol. The van der Waals surface area contributed by atoms with E-state index in [2.05, 4.69) is 5.32 Å². The van der Waals surface area contributed by atoms with E-state index in [1.807, 2.05) is 6.07 Å². The molecule has 0 aliphatic rings. The van der Waals surface area contributed by atoms with Crippen LogP contribution in [0.2, 0.25) is 0 Å². The fraction of sp³-hybridized carbons (Fsp3) is 0.200. The van der Waals surface area contributed by atoms with Crippen molar-refractivity contribution in [2.24, 2.45) is 0 Å². The largest absolute Gasteiger partial charge is 0.397 e. The molecule has 0 radical (unpaired) electrons. The number of nitrogens with zero attached hydrogens (tertiary/aromatic N) is 1. The Labute approximate surface area is 89.5 Å². The summed E-state index contributed by atoms with van der Waals surface area (Å²) in [4.78, 5) is 10.9. The molecule has 0 fully saturated rings. The molecule has 0 unspecified atom stereocenters. The van der Waals surface area contributed by atoms with Gasteiger partial charge in [0.25, 0.3) is 0 Å². The molecule has 0 aliphatic carbocycles. The molecule has 0 spiro atoms. The number of nitriles is 1. The number of hydrogen-bond acceptors (Lipinski definition) is 2. The second kappa shape index (κ2) is 4.66. The minimum atomic E-state index is -4.53. The van der Waals surface area contributed by atoms with Gasteiger partial charge in [0.1, 0.15) is 6.42 Å². The zero-order valence-electron chi connectivity index (χ0n) is 8.01. The lowest BCUT2D eigenvalue weighted by Gasteiger charge is -2.07. The van der Waals surface area contributed by atoms with Crippen molar-refractivity contribution in [3.8, 4) is 6.07 Å². The van der Waals surface area contributed by atoms with E-state index in [1.165, 1.54) is 24.3 Å². The fourth-order valence-corrected chi connectivity index (χ4v) is 1.05. The Bertz CT molecular complexity index is 434. The third-order valence-corrected chi connectivity index (χ3v) is 1.64. The van der Waals surface area contributed by atoms with Crippen molar-refractivity contribution >= 4 is 11.6 Å². The summed E-state index contributed by atoms with van der Waals surface area (Å²) in [7, 11) is 0. The van der Waals surface area contributed by atoms with Crippen molar-refractivity contribution < 1.29 is 18.0 Å². The summed E-state index contributed by atoms with van der Waals surface area (Å²) in [6.45, 7) is 0. The van der Waals surface area contributed by atoms with Gasteiger partial charge < -0.3 is 5.32 Å². The van der Waals surface area contributed by atoms with Crippen molar-refractivity contribution in [3.05, 3.63) is 29.8 Å². The van der Waals surface area contributed by atoms with Gasteiger partial charge in [-0.25, -0.2) is 0 Å². The predicted molar refractivity (Wildman–Crippen MR) is 50.5 cm³/mol. The number of nitrogens with one attached hydrogen (secondary N) is 1. The normalized spacial score (nSPS) is 10.6. The van der Waals surface area contributed by atoms with Gasteiger partial charge in [0.15, 0.2) is 0 Å². The number of rotatable bonds is 2. The molecule has 0 bridgehead atoms. The van der Waals surface area contributed by atoms with Crippen LogP contribution in [0.5, 0.6) is 0 Å². The van der Waals surface area contributed by atoms with E-state index in [-0.39, 0.29) is 11.3 Å². The topological polar surface area (TPSA) is 52.9 Å². The molecule has 1 aromatic carbocycles. The third kappa shape index (κ3) is 4.00. The van der Waals surface area contributed by atoms with Crippen molar-refractivity contribution in [1.82, 2.24) is 0 Å². The molecule has 1 amide bonds. The summed E-state index contributed by atoms with van der Waals surface area (Å²) >= 11 is 0. The van der Waals surface area contributed by atoms with E-state index < -0.39 is 18.5 Å². The van der Waals surface area contributed by atoms with Crippen molar-refractivity contribution in [3.63, 3.8) is 0 Å². The van der Waals surface area contributed by atoms with Crippen LogP contribution >= 0.6 is 0 Å². The van der Waals surface area contributed by atoms with Gasteiger partial charge in [-0.1, -0.05) is 6.07 Å². The number of hydrogen-bond donors (Lipinski definition) is 1. The Balaban J connectivity index is 2.67. The predicted octanol–water partition coefficient (Wildman–Crippen LogP) is 2.45. The number of amides is 1. The zero-order chi connectivity index (χ0) is 12.2. The second-order valence-corrected chi connectivity index (χ2v) is 3.03. The van der Waals surface area contributed by atoms with Gasteiger partial charge in [-0.15, -0.1) is 0 Å². The van der Waals surface area contributed by atoms with Crippen molar-refractivity contribution in [2.45, 2.75) is 12.6 Å². The summed E-state index contributed by atoms with van der Waals surface area (Å²) in [6, 6.07) is 7.49. The molecule has 1 rings (SSSR count). The van der Waals surface area contributed by atoms with E-state index in [4.69, 9.17) is 5.26 Å². The van der Waals surface area contributed by atoms with E-state index in [0.717, 1.165) is 0 Å². The maximum atomic E-state index is 11.8. The molecule has 0 saturated heterocycles. The van der Waals surface area contributed by atoms with Crippen LogP contribution < -0.4 is 5.32 Å². The fourth-order valence-electron chi connectivity index (χ4n) is 1.05. The number of halogens is 3. The van der Waals surface area contributed by atoms with E-state index in [1.54, 1.807) is 0 Å². The Hall–Kier alpha value is -2.03. The standard InChI is InChI=1S/C10H7F3N2O/c11-10(12,13)5-9(16)15-8-3-1-2-7(4-8)6-14/h1-4H,5H2,(H,15,16). The Morgan fingerprint density at radius 1 is 1.44 bits per heavy atom. The summed E-state index contributed by atoms with van der Waals surface area (Å²) in [6.07, 6.45) is -6.07. The summed E-state index contributed by atoms with van der Waals surface area (Å²) in [5.41, 5.74) is 0.443. The lowest BCUT2D eigenvalue weighted by molar-refractivity contribution is -0.150. The van der Waals surface area contributed by atoms with Crippen LogP contribution in [0, 0.1) is 11.3 Å². The first-order chi connectivity index (χ1) is 7.40. The van der Waals surface area contributed by atoms with E-state index in [9.17, 15) is 18.0 Å². The quantitative estimate of drug-likeness (QED) is 0.845. The summed E-state index contributed by atoms with van der Waals surface area (Å²) in [5.74, 6) is -1.15. The van der Waals surface area contributed by atoms with Crippen molar-refractivity contribution in [1.29, 1.82) is 5.26 Å². The van der Waals surface area contributed by atoms with Crippen LogP contribution in [0.1, 0.15) is 12.0 Å². The van der Waals surface area contributed by atoms with Crippen molar-refractivity contribution in [2.75, 3.05) is 5.32 Å². The number of anilines is 1. The molecule has 84 valence electrons. The maximum Gasteiger partial charge on any atom is 0.397 e. The average molecular weight is 228 g/mol.